The zero-order chi connectivity index (χ0) is 18.0. The quantitative estimate of drug-likeness (QED) is 0.149. The van der Waals surface area contributed by atoms with E-state index >= 15 is 0 Å². The van der Waals surface area contributed by atoms with Gasteiger partial charge in [0.05, 0.1) is 22.9 Å². The summed E-state index contributed by atoms with van der Waals surface area (Å²) in [4.78, 5) is 11.2. The van der Waals surface area contributed by atoms with Crippen LogP contribution in [0.2, 0.25) is 0 Å². The first-order valence-corrected chi connectivity index (χ1v) is 9.16. The van der Waals surface area contributed by atoms with Gasteiger partial charge in [-0.25, -0.2) is 6.21 Å². The molecule has 0 aliphatic carbocycles. The number of hydrogen-bond donors (Lipinski definition) is 1. The molecule has 0 aromatic heterocycles. The molecular weight excluding hydrogens is 625 g/mol. The van der Waals surface area contributed by atoms with Gasteiger partial charge >= 0.3 is 31.1 Å². The smallest absolute Gasteiger partial charge is 0.814 e. The Morgan fingerprint density at radius 1 is 1.30 bits per heavy atom. The van der Waals surface area contributed by atoms with Gasteiger partial charge in [-0.1, -0.05) is 53.4 Å². The molecule has 0 heterocycles. The van der Waals surface area contributed by atoms with E-state index in [9.17, 15) is 4.79 Å². The largest absolute Gasteiger partial charge is 2.00 e. The molecule has 0 radical (unpaired) electrons. The second-order valence-corrected chi connectivity index (χ2v) is 8.50. The van der Waals surface area contributed by atoms with Crippen molar-refractivity contribution in [2.75, 3.05) is 0 Å². The third-order valence-corrected chi connectivity index (χ3v) is 4.21. The van der Waals surface area contributed by atoms with Crippen LogP contribution in [0.5, 0.6) is 0 Å². The predicted octanol–water partition coefficient (Wildman–Crippen LogP) is 5.96. The third kappa shape index (κ3) is 17.5. The Morgan fingerprint density at radius 2 is 1.78 bits per heavy atom. The van der Waals surface area contributed by atoms with Crippen molar-refractivity contribution in [1.82, 2.24) is 3.53 Å². The van der Waals surface area contributed by atoms with Crippen molar-refractivity contribution in [2.45, 2.75) is 81.1 Å². The molecule has 0 aliphatic rings. The van der Waals surface area contributed by atoms with Crippen LogP contribution in [0.1, 0.15) is 81.1 Å². The molecule has 1 N–H and O–H groups in total. The van der Waals surface area contributed by atoms with Gasteiger partial charge in [-0.05, 0) is 17.8 Å². The van der Waals surface area contributed by atoms with E-state index in [1.807, 2.05) is 36.7 Å². The van der Waals surface area contributed by atoms with Gasteiger partial charge in [0.25, 0.3) is 0 Å². The fourth-order valence-corrected chi connectivity index (χ4v) is 2.88. The first-order valence-electron chi connectivity index (χ1n) is 8.08. The van der Waals surface area contributed by atoms with Gasteiger partial charge < -0.3 is 11.3 Å². The number of hydrogen-bond acceptors (Lipinski definition) is 1. The van der Waals surface area contributed by atoms with Crippen molar-refractivity contribution < 1.29 is 35.9 Å². The van der Waals surface area contributed by atoms with Gasteiger partial charge in [-0.3, -0.25) is 8.32 Å². The molecule has 0 aliphatic heterocycles. The maximum atomic E-state index is 11.2. The summed E-state index contributed by atoms with van der Waals surface area (Å²) in [7, 11) is 0. The van der Waals surface area contributed by atoms with Crippen LogP contribution in [0, 0.1) is 53.8 Å². The fraction of sp³-hybridized carbons (Fsp3) is 0.833. The molecule has 0 saturated heterocycles. The fourth-order valence-electron chi connectivity index (χ4n) is 2.69. The van der Waals surface area contributed by atoms with Gasteiger partial charge in [0.15, 0.2) is 0 Å². The zero-order valence-corrected chi connectivity index (χ0v) is 22.5. The van der Waals surface area contributed by atoms with E-state index in [1.54, 1.807) is 0 Å². The van der Waals surface area contributed by atoms with E-state index in [1.165, 1.54) is 12.1 Å². The van der Waals surface area contributed by atoms with Crippen LogP contribution in [-0.4, -0.2) is 12.1 Å². The average molecular weight is 660 g/mol. The van der Waals surface area contributed by atoms with Crippen LogP contribution in [0.15, 0.2) is 0 Å². The standard InChI is InChI=1S/C10H19INO.C8H16N.U/c1-5-10(4,6-8(2)3)7-9(13)12-11;1-7(2)5-8(3,4)6-9;/h5-7H2,1-4H3,(H,12,13);6-7H,5H2,1-4H3;/q2*-1;+2. The summed E-state index contributed by atoms with van der Waals surface area (Å²) < 4.78 is 2.65. The van der Waals surface area contributed by atoms with E-state index < -0.39 is 0 Å². The van der Waals surface area contributed by atoms with Crippen molar-refractivity contribution in [3.8, 4) is 0 Å². The van der Waals surface area contributed by atoms with E-state index in [-0.39, 0.29) is 47.9 Å². The summed E-state index contributed by atoms with van der Waals surface area (Å²) >= 11 is 1.90. The number of nitrogens with zero attached hydrogens (tertiary/aromatic N) is 1. The molecule has 0 spiro atoms. The molecule has 0 saturated carbocycles. The number of carbonyl (C=O) groups is 1. The molecule has 1 unspecified atom stereocenters. The first-order chi connectivity index (χ1) is 9.91. The summed E-state index contributed by atoms with van der Waals surface area (Å²) in [5.74, 6) is 2.18. The van der Waals surface area contributed by atoms with Crippen LogP contribution in [-0.2, 0) is 4.79 Å². The summed E-state index contributed by atoms with van der Waals surface area (Å²) in [5.41, 5.74) is 0.127. The minimum absolute atomic E-state index is 0. The second-order valence-electron chi connectivity index (χ2n) is 7.96. The molecule has 5 heteroatoms. The van der Waals surface area contributed by atoms with Gasteiger partial charge in [-0.2, -0.15) is 20.3 Å². The Labute approximate surface area is 182 Å². The zero-order valence-electron chi connectivity index (χ0n) is 16.2. The van der Waals surface area contributed by atoms with Crippen molar-refractivity contribution in [3.63, 3.8) is 0 Å². The SMILES string of the molecule is CC(C)CC(C)(C)C=[N-].CCC(C)(CC(=O)NI)C[C-](C)C.[U+2]. The topological polar surface area (TPSA) is 51.4 Å². The third-order valence-electron chi connectivity index (χ3n) is 3.61. The van der Waals surface area contributed by atoms with Gasteiger partial charge in [0.1, 0.15) is 0 Å². The monoisotopic (exact) mass is 660 g/mol. The molecule has 23 heavy (non-hydrogen) atoms. The number of rotatable bonds is 8. The van der Waals surface area contributed by atoms with Crippen LogP contribution >= 0.6 is 22.9 Å². The van der Waals surface area contributed by atoms with E-state index in [2.05, 4.69) is 45.1 Å². The van der Waals surface area contributed by atoms with Crippen LogP contribution in [0.25, 0.3) is 5.41 Å². The number of amides is 1. The van der Waals surface area contributed by atoms with Crippen molar-refractivity contribution in [3.05, 3.63) is 11.3 Å². The molecule has 0 aromatic rings. The molecular formula is C18H35IN2OU. The number of nitrogens with one attached hydrogen (secondary N) is 1. The van der Waals surface area contributed by atoms with Crippen LogP contribution in [0.4, 0.5) is 0 Å². The summed E-state index contributed by atoms with van der Waals surface area (Å²) in [6.07, 6.45) is 5.03. The molecule has 0 aromatic carbocycles. The number of carbonyl (C=O) groups excluding carboxylic acids is 1. The molecule has 1 amide bonds. The molecule has 1 atom stereocenters. The van der Waals surface area contributed by atoms with Gasteiger partial charge in [0, 0.05) is 6.42 Å². The average Bonchev–Trinajstić information content (AvgIpc) is 2.37. The first kappa shape index (κ1) is 28.7. The molecule has 0 fully saturated rings. The molecule has 0 rings (SSSR count). The van der Waals surface area contributed by atoms with Crippen molar-refractivity contribution >= 4 is 35.0 Å². The molecule has 3 nitrogen and oxygen atoms in total. The Kier molecular flexibility index (Phi) is 17.6. The summed E-state index contributed by atoms with van der Waals surface area (Å²) in [6, 6.07) is 0. The van der Waals surface area contributed by atoms with Gasteiger partial charge in [0.2, 0.25) is 5.91 Å². The van der Waals surface area contributed by atoms with E-state index in [0.29, 0.717) is 12.3 Å². The Bertz CT molecular complexity index is 333. The normalized spacial score (nSPS) is 13.5. The summed E-state index contributed by atoms with van der Waals surface area (Å²) in [5, 5.41) is 8.72. The van der Waals surface area contributed by atoms with Crippen LogP contribution < -0.4 is 3.53 Å². The Balaban J connectivity index is -0.000000354. The van der Waals surface area contributed by atoms with Gasteiger partial charge in [-0.15, -0.1) is 0 Å². The van der Waals surface area contributed by atoms with E-state index in [0.717, 1.165) is 19.3 Å². The minimum Gasteiger partial charge on any atom is -0.814 e. The Hall–Kier alpha value is 0.922. The summed E-state index contributed by atoms with van der Waals surface area (Å²) in [6.45, 7) is 16.9. The predicted molar refractivity (Wildman–Crippen MR) is 107 cm³/mol. The maximum absolute atomic E-state index is 11.2. The Morgan fingerprint density at radius 3 is 2.00 bits per heavy atom. The second kappa shape index (κ2) is 14.1. The van der Waals surface area contributed by atoms with E-state index in [4.69, 9.17) is 5.41 Å². The molecule has 134 valence electrons. The van der Waals surface area contributed by atoms with Crippen molar-refractivity contribution in [2.24, 2.45) is 16.7 Å². The molecule has 0 bridgehead atoms. The number of halogens is 1. The maximum Gasteiger partial charge on any atom is 2.00 e. The van der Waals surface area contributed by atoms with Crippen LogP contribution in [0.3, 0.4) is 0 Å². The minimum atomic E-state index is -0.00579. The van der Waals surface area contributed by atoms with Crippen molar-refractivity contribution in [1.29, 1.82) is 0 Å².